The number of aromatic nitrogens is 2. The highest BCUT2D eigenvalue weighted by Gasteiger charge is 2.25. The van der Waals surface area contributed by atoms with Crippen LogP contribution in [0.25, 0.3) is 11.3 Å². The lowest BCUT2D eigenvalue weighted by Gasteiger charge is -2.12. The highest BCUT2D eigenvalue weighted by atomic mass is 16.7. The summed E-state index contributed by atoms with van der Waals surface area (Å²) in [4.78, 5) is 20.9. The fraction of sp³-hybridized carbons (Fsp3) is 0.393. The van der Waals surface area contributed by atoms with Gasteiger partial charge in [-0.2, -0.15) is 0 Å². The minimum Gasteiger partial charge on any atom is -0.494 e. The van der Waals surface area contributed by atoms with Gasteiger partial charge >= 0.3 is 5.97 Å². The first-order valence-electron chi connectivity index (χ1n) is 12.5. The van der Waals surface area contributed by atoms with E-state index in [4.69, 9.17) is 18.9 Å². The van der Waals surface area contributed by atoms with Crippen LogP contribution in [0.15, 0.2) is 48.7 Å². The molecule has 1 N–H and O–H groups in total. The number of carbonyl (C=O) groups excluding carboxylic acids is 1. The van der Waals surface area contributed by atoms with Crippen LogP contribution in [-0.4, -0.2) is 42.5 Å². The van der Waals surface area contributed by atoms with Crippen LogP contribution >= 0.6 is 0 Å². The van der Waals surface area contributed by atoms with E-state index in [0.717, 1.165) is 60.1 Å². The Labute approximate surface area is 211 Å². The lowest BCUT2D eigenvalue weighted by Crippen LogP contribution is -2.18. The summed E-state index contributed by atoms with van der Waals surface area (Å²) >= 11 is 0. The van der Waals surface area contributed by atoms with Crippen molar-refractivity contribution in [2.45, 2.75) is 45.1 Å². The van der Waals surface area contributed by atoms with Crippen molar-refractivity contribution in [2.75, 3.05) is 26.6 Å². The molecule has 36 heavy (non-hydrogen) atoms. The third kappa shape index (κ3) is 5.76. The van der Waals surface area contributed by atoms with E-state index >= 15 is 0 Å². The van der Waals surface area contributed by atoms with E-state index in [1.54, 1.807) is 6.20 Å². The molecule has 1 aliphatic carbocycles. The molecule has 8 heteroatoms. The molecule has 188 valence electrons. The zero-order valence-corrected chi connectivity index (χ0v) is 20.5. The molecule has 0 saturated carbocycles. The Bertz CT molecular complexity index is 1220. The van der Waals surface area contributed by atoms with Crippen molar-refractivity contribution in [1.29, 1.82) is 0 Å². The molecule has 0 spiro atoms. The highest BCUT2D eigenvalue weighted by Crippen LogP contribution is 2.38. The Balaban J connectivity index is 1.05. The summed E-state index contributed by atoms with van der Waals surface area (Å²) in [5, 5.41) is 3.39. The quantitative estimate of drug-likeness (QED) is 0.313. The number of nitrogens with one attached hydrogen (secondary N) is 1. The van der Waals surface area contributed by atoms with E-state index in [9.17, 15) is 4.79 Å². The van der Waals surface area contributed by atoms with E-state index in [1.165, 1.54) is 11.1 Å². The molecular formula is C28H31N3O5. The number of aryl methyl sites for hydroxylation is 1. The first-order valence-corrected chi connectivity index (χ1v) is 12.5. The van der Waals surface area contributed by atoms with Crippen molar-refractivity contribution in [3.05, 3.63) is 65.6 Å². The van der Waals surface area contributed by atoms with Crippen LogP contribution in [0.3, 0.4) is 0 Å². The van der Waals surface area contributed by atoms with Crippen LogP contribution in [0.5, 0.6) is 17.2 Å². The molecular weight excluding hydrogens is 458 g/mol. The van der Waals surface area contributed by atoms with Crippen LogP contribution in [0.4, 0.5) is 0 Å². The molecule has 1 atom stereocenters. The molecule has 3 aromatic rings. The molecule has 0 fully saturated rings. The smallest absolute Gasteiger partial charge is 0.306 e. The van der Waals surface area contributed by atoms with Crippen LogP contribution in [0.1, 0.15) is 49.1 Å². The minimum atomic E-state index is -0.117. The molecule has 1 aliphatic heterocycles. The molecule has 8 nitrogen and oxygen atoms in total. The summed E-state index contributed by atoms with van der Waals surface area (Å²) < 4.78 is 21.9. The van der Waals surface area contributed by atoms with Crippen LogP contribution in [0, 0.1) is 0 Å². The van der Waals surface area contributed by atoms with Gasteiger partial charge in [-0.15, -0.1) is 0 Å². The Morgan fingerprint density at radius 3 is 2.97 bits per heavy atom. The number of ether oxygens (including phenoxy) is 4. The lowest BCUT2D eigenvalue weighted by molar-refractivity contribution is -0.143. The van der Waals surface area contributed by atoms with Gasteiger partial charge in [0.25, 0.3) is 0 Å². The second-order valence-corrected chi connectivity index (χ2v) is 8.91. The molecule has 2 aliphatic rings. The van der Waals surface area contributed by atoms with Gasteiger partial charge in [-0.05, 0) is 86.2 Å². The van der Waals surface area contributed by atoms with Gasteiger partial charge < -0.3 is 24.3 Å². The molecule has 2 heterocycles. The van der Waals surface area contributed by atoms with E-state index < -0.39 is 0 Å². The van der Waals surface area contributed by atoms with Gasteiger partial charge in [-0.25, -0.2) is 9.97 Å². The third-order valence-electron chi connectivity index (χ3n) is 6.46. The summed E-state index contributed by atoms with van der Waals surface area (Å²) in [6.07, 6.45) is 5.06. The van der Waals surface area contributed by atoms with E-state index in [1.807, 2.05) is 37.3 Å². The van der Waals surface area contributed by atoms with Gasteiger partial charge in [0, 0.05) is 11.8 Å². The number of hydrogen-bond donors (Lipinski definition) is 1. The fourth-order valence-corrected chi connectivity index (χ4v) is 4.69. The maximum atomic E-state index is 11.8. The Kier molecular flexibility index (Phi) is 7.61. The summed E-state index contributed by atoms with van der Waals surface area (Å²) in [5.74, 6) is 3.25. The van der Waals surface area contributed by atoms with E-state index in [-0.39, 0.29) is 18.7 Å². The van der Waals surface area contributed by atoms with Gasteiger partial charge in [0.1, 0.15) is 11.6 Å². The second-order valence-electron chi connectivity index (χ2n) is 8.91. The van der Waals surface area contributed by atoms with Crippen molar-refractivity contribution in [2.24, 2.45) is 0 Å². The summed E-state index contributed by atoms with van der Waals surface area (Å²) in [5.41, 5.74) is 4.35. The first-order chi connectivity index (χ1) is 17.7. The van der Waals surface area contributed by atoms with Crippen molar-refractivity contribution >= 4 is 5.97 Å². The number of benzene rings is 2. The Morgan fingerprint density at radius 1 is 1.14 bits per heavy atom. The van der Waals surface area contributed by atoms with Crippen molar-refractivity contribution in [3.63, 3.8) is 0 Å². The normalized spacial score (nSPS) is 15.5. The van der Waals surface area contributed by atoms with Crippen LogP contribution < -0.4 is 19.5 Å². The minimum absolute atomic E-state index is 0.117. The number of rotatable bonds is 11. The number of hydrogen-bond acceptors (Lipinski definition) is 8. The summed E-state index contributed by atoms with van der Waals surface area (Å²) in [7, 11) is 0. The SMILES string of the molecule is CCOC(=O)C[C@@H]1CCc2cc(OCCCNCc3nccc(-c4ccc5c(c4)OCO5)n3)ccc21. The third-order valence-corrected chi connectivity index (χ3v) is 6.46. The van der Waals surface area contributed by atoms with Crippen molar-refractivity contribution < 1.29 is 23.7 Å². The summed E-state index contributed by atoms with van der Waals surface area (Å²) in [6.45, 7) is 4.53. The largest absolute Gasteiger partial charge is 0.494 e. The monoisotopic (exact) mass is 489 g/mol. The zero-order valence-electron chi connectivity index (χ0n) is 20.5. The van der Waals surface area contributed by atoms with E-state index in [2.05, 4.69) is 27.4 Å². The zero-order chi connectivity index (χ0) is 24.7. The van der Waals surface area contributed by atoms with Crippen LogP contribution in [0.2, 0.25) is 0 Å². The molecule has 1 aromatic heterocycles. The van der Waals surface area contributed by atoms with Gasteiger partial charge in [-0.1, -0.05) is 6.07 Å². The van der Waals surface area contributed by atoms with Gasteiger partial charge in [-0.3, -0.25) is 4.79 Å². The molecule has 0 bridgehead atoms. The van der Waals surface area contributed by atoms with Crippen LogP contribution in [-0.2, 0) is 22.5 Å². The Morgan fingerprint density at radius 2 is 2.06 bits per heavy atom. The van der Waals surface area contributed by atoms with Gasteiger partial charge in [0.05, 0.1) is 31.9 Å². The first kappa shape index (κ1) is 24.1. The fourth-order valence-electron chi connectivity index (χ4n) is 4.69. The molecule has 5 rings (SSSR count). The number of nitrogens with zero attached hydrogens (tertiary/aromatic N) is 2. The molecule has 0 amide bonds. The standard InChI is InChI=1S/C28H31N3O5/c1-2-33-28(32)16-20-5-4-19-14-22(7-8-23(19)20)34-13-3-11-29-17-27-30-12-10-24(31-27)21-6-9-25-26(15-21)36-18-35-25/h6-10,12,14-15,20,29H,2-5,11,13,16-18H2,1H3/t20-/m0/s1. The number of fused-ring (bicyclic) bond motifs is 2. The molecule has 0 saturated heterocycles. The van der Waals surface area contributed by atoms with E-state index in [0.29, 0.717) is 26.2 Å². The van der Waals surface area contributed by atoms with Crippen molar-refractivity contribution in [1.82, 2.24) is 15.3 Å². The maximum absolute atomic E-state index is 11.8. The van der Waals surface area contributed by atoms with Gasteiger partial charge in [0.2, 0.25) is 6.79 Å². The molecule has 2 aromatic carbocycles. The topological polar surface area (TPSA) is 91.8 Å². The van der Waals surface area contributed by atoms with Crippen molar-refractivity contribution in [3.8, 4) is 28.5 Å². The predicted molar refractivity (Wildman–Crippen MR) is 134 cm³/mol. The average molecular weight is 490 g/mol. The number of carbonyl (C=O) groups is 1. The lowest BCUT2D eigenvalue weighted by atomic mass is 9.98. The number of esters is 1. The Hall–Kier alpha value is -3.65. The predicted octanol–water partition coefficient (Wildman–Crippen LogP) is 4.41. The maximum Gasteiger partial charge on any atom is 0.306 e. The second kappa shape index (κ2) is 11.4. The summed E-state index contributed by atoms with van der Waals surface area (Å²) in [6, 6.07) is 13.9. The molecule has 0 unspecified atom stereocenters. The molecule has 0 radical (unpaired) electrons. The average Bonchev–Trinajstić information content (AvgIpc) is 3.53. The highest BCUT2D eigenvalue weighted by molar-refractivity contribution is 5.71. The van der Waals surface area contributed by atoms with Gasteiger partial charge in [0.15, 0.2) is 11.5 Å².